The molecular weight excluding hydrogens is 497 g/mol. The SMILES string of the molecule is CC(C)(C)OC(=O)Nc1ccc(-c2ccccc2F)cc1NC(=O)CC(=O)c1cccc(-c2cccnc2)c1. The van der Waals surface area contributed by atoms with Gasteiger partial charge in [0.1, 0.15) is 11.4 Å². The highest BCUT2D eigenvalue weighted by Crippen LogP contribution is 2.31. The average Bonchev–Trinajstić information content (AvgIpc) is 2.89. The standard InChI is InChI=1S/C31H28FN3O4/c1-31(2,3)39-30(38)35-26-14-13-21(24-11-4-5-12-25(24)32)17-27(26)34-29(37)18-28(36)22-9-6-8-20(16-22)23-10-7-15-33-19-23/h4-17,19H,18H2,1-3H3,(H,34,37)(H,35,38). The molecule has 0 spiro atoms. The second-order valence-electron chi connectivity index (χ2n) is 9.84. The highest BCUT2D eigenvalue weighted by molar-refractivity contribution is 6.12. The molecule has 198 valence electrons. The molecule has 0 aliphatic rings. The van der Waals surface area contributed by atoms with Crippen molar-refractivity contribution in [2.45, 2.75) is 32.8 Å². The first-order valence-electron chi connectivity index (χ1n) is 12.3. The quantitative estimate of drug-likeness (QED) is 0.198. The number of hydrogen-bond acceptors (Lipinski definition) is 5. The Morgan fingerprint density at radius 2 is 1.59 bits per heavy atom. The fourth-order valence-corrected chi connectivity index (χ4v) is 3.88. The van der Waals surface area contributed by atoms with Crippen LogP contribution in [0.2, 0.25) is 0 Å². The minimum absolute atomic E-state index is 0.198. The summed E-state index contributed by atoms with van der Waals surface area (Å²) in [5, 5.41) is 5.31. The monoisotopic (exact) mass is 525 g/mol. The zero-order valence-electron chi connectivity index (χ0n) is 21.8. The van der Waals surface area contributed by atoms with E-state index in [4.69, 9.17) is 4.74 Å². The van der Waals surface area contributed by atoms with E-state index in [1.54, 1.807) is 87.8 Å². The lowest BCUT2D eigenvalue weighted by Gasteiger charge is -2.21. The van der Waals surface area contributed by atoms with Gasteiger partial charge in [0.05, 0.1) is 17.8 Å². The number of amides is 2. The van der Waals surface area contributed by atoms with Crippen LogP contribution in [-0.2, 0) is 9.53 Å². The third kappa shape index (κ3) is 7.35. The number of anilines is 2. The summed E-state index contributed by atoms with van der Waals surface area (Å²) in [6.07, 6.45) is 2.19. The Morgan fingerprint density at radius 3 is 2.31 bits per heavy atom. The van der Waals surface area contributed by atoms with Gasteiger partial charge in [-0.2, -0.15) is 0 Å². The van der Waals surface area contributed by atoms with E-state index in [-0.39, 0.29) is 17.2 Å². The lowest BCUT2D eigenvalue weighted by molar-refractivity contribution is -0.115. The first kappa shape index (κ1) is 27.2. The van der Waals surface area contributed by atoms with Gasteiger partial charge in [-0.15, -0.1) is 0 Å². The van der Waals surface area contributed by atoms with Crippen molar-refractivity contribution < 1.29 is 23.5 Å². The minimum Gasteiger partial charge on any atom is -0.444 e. The molecule has 0 bridgehead atoms. The topological polar surface area (TPSA) is 97.4 Å². The maximum absolute atomic E-state index is 14.5. The van der Waals surface area contributed by atoms with Crippen molar-refractivity contribution >= 4 is 29.2 Å². The van der Waals surface area contributed by atoms with Crippen molar-refractivity contribution in [1.29, 1.82) is 0 Å². The third-order valence-corrected chi connectivity index (χ3v) is 5.61. The first-order chi connectivity index (χ1) is 18.6. The van der Waals surface area contributed by atoms with Gasteiger partial charge in [-0.3, -0.25) is 19.9 Å². The van der Waals surface area contributed by atoms with Crippen LogP contribution < -0.4 is 10.6 Å². The van der Waals surface area contributed by atoms with E-state index in [1.165, 1.54) is 12.1 Å². The van der Waals surface area contributed by atoms with Crippen LogP contribution in [0.5, 0.6) is 0 Å². The number of nitrogens with zero attached hydrogens (tertiary/aromatic N) is 1. The maximum atomic E-state index is 14.5. The Kier molecular flexibility index (Phi) is 8.15. The number of Topliss-reactive ketones (excluding diaryl/α,β-unsaturated/α-hetero) is 1. The molecule has 2 amide bonds. The Bertz CT molecular complexity index is 1510. The molecule has 2 N–H and O–H groups in total. The molecule has 0 fully saturated rings. The number of pyridine rings is 1. The Balaban J connectivity index is 1.56. The number of aromatic nitrogens is 1. The number of ketones is 1. The first-order valence-corrected chi connectivity index (χ1v) is 12.3. The van der Waals surface area contributed by atoms with E-state index in [0.717, 1.165) is 11.1 Å². The molecule has 4 aromatic rings. The van der Waals surface area contributed by atoms with Gasteiger partial charge < -0.3 is 10.1 Å². The number of rotatable bonds is 7. The fraction of sp³-hybridized carbons (Fsp3) is 0.161. The van der Waals surface area contributed by atoms with Crippen molar-refractivity contribution in [3.8, 4) is 22.3 Å². The van der Waals surface area contributed by atoms with Crippen molar-refractivity contribution in [2.24, 2.45) is 0 Å². The lowest BCUT2D eigenvalue weighted by Crippen LogP contribution is -2.27. The number of carbonyl (C=O) groups excluding carboxylic acids is 3. The molecule has 8 heteroatoms. The number of ether oxygens (including phenoxy) is 1. The van der Waals surface area contributed by atoms with Gasteiger partial charge >= 0.3 is 6.09 Å². The molecule has 0 saturated heterocycles. The Labute approximate surface area is 226 Å². The molecule has 0 saturated carbocycles. The summed E-state index contributed by atoms with van der Waals surface area (Å²) in [6, 6.07) is 21.6. The van der Waals surface area contributed by atoms with Crippen molar-refractivity contribution in [2.75, 3.05) is 10.6 Å². The van der Waals surface area contributed by atoms with Gasteiger partial charge in [0, 0.05) is 29.1 Å². The summed E-state index contributed by atoms with van der Waals surface area (Å²) in [5.41, 5.74) is 2.52. The predicted molar refractivity (Wildman–Crippen MR) is 149 cm³/mol. The third-order valence-electron chi connectivity index (χ3n) is 5.61. The molecule has 1 aromatic heterocycles. The molecule has 0 radical (unpaired) electrons. The summed E-state index contributed by atoms with van der Waals surface area (Å²) in [5.74, 6) is -1.42. The second kappa shape index (κ2) is 11.7. The number of hydrogen-bond donors (Lipinski definition) is 2. The highest BCUT2D eigenvalue weighted by Gasteiger charge is 2.20. The Hall–Kier alpha value is -4.85. The minimum atomic E-state index is -0.739. The molecule has 4 rings (SSSR count). The molecule has 39 heavy (non-hydrogen) atoms. The lowest BCUT2D eigenvalue weighted by atomic mass is 10.0. The zero-order chi connectivity index (χ0) is 28.0. The van der Waals surface area contributed by atoms with Crippen LogP contribution in [0.25, 0.3) is 22.3 Å². The van der Waals surface area contributed by atoms with Crippen LogP contribution in [0, 0.1) is 5.82 Å². The number of halogens is 1. The zero-order valence-corrected chi connectivity index (χ0v) is 21.8. The van der Waals surface area contributed by atoms with Crippen LogP contribution in [0.4, 0.5) is 20.6 Å². The Morgan fingerprint density at radius 1 is 0.821 bits per heavy atom. The van der Waals surface area contributed by atoms with Crippen LogP contribution in [0.1, 0.15) is 37.6 Å². The highest BCUT2D eigenvalue weighted by atomic mass is 19.1. The van der Waals surface area contributed by atoms with Crippen LogP contribution in [0.3, 0.4) is 0 Å². The molecular formula is C31H28FN3O4. The molecule has 0 atom stereocenters. The van der Waals surface area contributed by atoms with E-state index in [0.29, 0.717) is 16.7 Å². The number of nitrogens with one attached hydrogen (secondary N) is 2. The average molecular weight is 526 g/mol. The van der Waals surface area contributed by atoms with Crippen LogP contribution >= 0.6 is 0 Å². The van der Waals surface area contributed by atoms with E-state index < -0.39 is 29.8 Å². The summed E-state index contributed by atoms with van der Waals surface area (Å²) in [7, 11) is 0. The van der Waals surface area contributed by atoms with Gasteiger partial charge in [-0.1, -0.05) is 48.5 Å². The largest absolute Gasteiger partial charge is 0.444 e. The number of benzene rings is 3. The van der Waals surface area contributed by atoms with Gasteiger partial charge in [0.25, 0.3) is 0 Å². The van der Waals surface area contributed by atoms with Gasteiger partial charge in [-0.05, 0) is 62.2 Å². The van der Waals surface area contributed by atoms with Gasteiger partial charge in [0.2, 0.25) is 5.91 Å². The molecule has 1 heterocycles. The summed E-state index contributed by atoms with van der Waals surface area (Å²) in [6.45, 7) is 5.18. The van der Waals surface area contributed by atoms with E-state index in [2.05, 4.69) is 15.6 Å². The summed E-state index contributed by atoms with van der Waals surface area (Å²) >= 11 is 0. The summed E-state index contributed by atoms with van der Waals surface area (Å²) in [4.78, 5) is 42.5. The molecule has 0 unspecified atom stereocenters. The van der Waals surface area contributed by atoms with E-state index in [9.17, 15) is 18.8 Å². The fourth-order valence-electron chi connectivity index (χ4n) is 3.88. The molecule has 0 aliphatic heterocycles. The van der Waals surface area contributed by atoms with Gasteiger partial charge in [0.15, 0.2) is 5.78 Å². The molecule has 0 aliphatic carbocycles. The van der Waals surface area contributed by atoms with E-state index >= 15 is 0 Å². The predicted octanol–water partition coefficient (Wildman–Crippen LogP) is 7.11. The van der Waals surface area contributed by atoms with Gasteiger partial charge in [-0.25, -0.2) is 9.18 Å². The number of carbonyl (C=O) groups is 3. The van der Waals surface area contributed by atoms with Crippen molar-refractivity contribution in [1.82, 2.24) is 4.98 Å². The van der Waals surface area contributed by atoms with Crippen LogP contribution in [0.15, 0.2) is 91.3 Å². The van der Waals surface area contributed by atoms with Crippen LogP contribution in [-0.4, -0.2) is 28.4 Å². The van der Waals surface area contributed by atoms with Crippen molar-refractivity contribution in [3.05, 3.63) is 103 Å². The molecule has 7 nitrogen and oxygen atoms in total. The second-order valence-corrected chi connectivity index (χ2v) is 9.84. The smallest absolute Gasteiger partial charge is 0.412 e. The van der Waals surface area contributed by atoms with Crippen molar-refractivity contribution in [3.63, 3.8) is 0 Å². The maximum Gasteiger partial charge on any atom is 0.412 e. The molecule has 3 aromatic carbocycles. The van der Waals surface area contributed by atoms with E-state index in [1.807, 2.05) is 12.1 Å². The summed E-state index contributed by atoms with van der Waals surface area (Å²) < 4.78 is 19.8. The normalized spacial score (nSPS) is 11.0.